The summed E-state index contributed by atoms with van der Waals surface area (Å²) in [5, 5.41) is 0. The zero-order chi connectivity index (χ0) is 16.3. The van der Waals surface area contributed by atoms with Crippen LogP contribution in [-0.4, -0.2) is 11.7 Å². The van der Waals surface area contributed by atoms with Gasteiger partial charge < -0.3 is 0 Å². The first-order chi connectivity index (χ1) is 10.8. The Hall–Kier alpha value is -0.0400. The molecule has 0 radical (unpaired) electrons. The van der Waals surface area contributed by atoms with Gasteiger partial charge in [-0.1, -0.05) is 96.8 Å². The van der Waals surface area contributed by atoms with Crippen LogP contribution in [0.3, 0.4) is 0 Å². The fourth-order valence-corrected chi connectivity index (χ4v) is 3.13. The molecule has 0 aliphatic heterocycles. The number of alkyl halides is 1. The van der Waals surface area contributed by atoms with Crippen LogP contribution < -0.4 is 0 Å². The Morgan fingerprint density at radius 1 is 0.591 bits per heavy atom. The number of ketones is 1. The van der Waals surface area contributed by atoms with E-state index in [0.29, 0.717) is 18.1 Å². The van der Waals surface area contributed by atoms with Crippen molar-refractivity contribution >= 4 is 17.4 Å². The topological polar surface area (TPSA) is 17.1 Å². The van der Waals surface area contributed by atoms with E-state index in [1.165, 1.54) is 89.9 Å². The van der Waals surface area contributed by atoms with Gasteiger partial charge in [-0.25, -0.2) is 0 Å². The lowest BCUT2D eigenvalue weighted by Crippen LogP contribution is -1.97. The number of carbonyl (C=O) groups is 1. The highest BCUT2D eigenvalue weighted by atomic mass is 35.5. The Bertz CT molecular complexity index is 228. The van der Waals surface area contributed by atoms with Gasteiger partial charge in [0.05, 0.1) is 0 Å². The Labute approximate surface area is 144 Å². The van der Waals surface area contributed by atoms with Gasteiger partial charge in [0.15, 0.2) is 0 Å². The molecule has 0 amide bonds. The number of halogens is 1. The lowest BCUT2D eigenvalue weighted by atomic mass is 10.0. The molecule has 0 aliphatic rings. The number of rotatable bonds is 18. The Morgan fingerprint density at radius 3 is 1.32 bits per heavy atom. The lowest BCUT2D eigenvalue weighted by Gasteiger charge is -2.03. The third-order valence-electron chi connectivity index (χ3n) is 4.43. The van der Waals surface area contributed by atoms with E-state index in [1.54, 1.807) is 0 Å². The van der Waals surface area contributed by atoms with Crippen LogP contribution in [0.25, 0.3) is 0 Å². The van der Waals surface area contributed by atoms with Crippen LogP contribution in [0.1, 0.15) is 116 Å². The fraction of sp³-hybridized carbons (Fsp3) is 0.950. The van der Waals surface area contributed by atoms with E-state index >= 15 is 0 Å². The molecule has 1 nitrogen and oxygen atoms in total. The molecule has 0 bridgehead atoms. The minimum absolute atomic E-state index is 0.338. The van der Waals surface area contributed by atoms with Gasteiger partial charge in [0, 0.05) is 18.7 Å². The summed E-state index contributed by atoms with van der Waals surface area (Å²) >= 11 is 5.55. The maximum Gasteiger partial charge on any atom is 0.134 e. The summed E-state index contributed by atoms with van der Waals surface area (Å²) in [7, 11) is 0. The molecular weight excluding hydrogens is 292 g/mol. The minimum atomic E-state index is 0.338. The quantitative estimate of drug-likeness (QED) is 0.188. The summed E-state index contributed by atoms with van der Waals surface area (Å²) in [4.78, 5) is 11.3. The van der Waals surface area contributed by atoms with Gasteiger partial charge in [-0.15, -0.1) is 11.6 Å². The van der Waals surface area contributed by atoms with Crippen LogP contribution in [0, 0.1) is 0 Å². The summed E-state index contributed by atoms with van der Waals surface area (Å²) in [6, 6.07) is 0. The molecule has 0 rings (SSSR count). The number of Topliss-reactive ketones (excluding diaryl/α,β-unsaturated/α-hetero) is 1. The summed E-state index contributed by atoms with van der Waals surface area (Å²) in [5.74, 6) is 0.821. The van der Waals surface area contributed by atoms with Crippen molar-refractivity contribution in [3.05, 3.63) is 0 Å². The van der Waals surface area contributed by atoms with Crippen LogP contribution in [0.15, 0.2) is 0 Å². The molecule has 0 N–H and O–H groups in total. The SMILES string of the molecule is CCCCCCCCCCCCCCCCCC(=O)CCCl. The fourth-order valence-electron chi connectivity index (χ4n) is 2.92. The van der Waals surface area contributed by atoms with Crippen molar-refractivity contribution in [1.82, 2.24) is 0 Å². The summed E-state index contributed by atoms with van der Waals surface area (Å²) in [6.07, 6.45) is 21.8. The molecule has 0 saturated heterocycles. The first kappa shape index (κ1) is 22.0. The predicted octanol–water partition coefficient (Wildman–Crippen LogP) is 7.45. The number of unbranched alkanes of at least 4 members (excludes halogenated alkanes) is 14. The van der Waals surface area contributed by atoms with Crippen molar-refractivity contribution in [1.29, 1.82) is 0 Å². The molecule has 2 heteroatoms. The van der Waals surface area contributed by atoms with Crippen LogP contribution >= 0.6 is 11.6 Å². The molecule has 0 aliphatic carbocycles. The Balaban J connectivity index is 3.01. The Morgan fingerprint density at radius 2 is 0.955 bits per heavy atom. The zero-order valence-electron chi connectivity index (χ0n) is 15.0. The second-order valence-electron chi connectivity index (χ2n) is 6.68. The molecule has 0 atom stereocenters. The smallest absolute Gasteiger partial charge is 0.134 e. The molecular formula is C20H39ClO. The third-order valence-corrected chi connectivity index (χ3v) is 4.62. The third kappa shape index (κ3) is 18.0. The van der Waals surface area contributed by atoms with Crippen LogP contribution in [-0.2, 0) is 4.79 Å². The van der Waals surface area contributed by atoms with E-state index in [9.17, 15) is 4.79 Å². The number of carbonyl (C=O) groups excluding carboxylic acids is 1. The van der Waals surface area contributed by atoms with Crippen molar-refractivity contribution in [2.24, 2.45) is 0 Å². The van der Waals surface area contributed by atoms with Gasteiger partial charge >= 0.3 is 0 Å². The van der Waals surface area contributed by atoms with Gasteiger partial charge in [-0.3, -0.25) is 4.79 Å². The van der Waals surface area contributed by atoms with Gasteiger partial charge in [0.2, 0.25) is 0 Å². The molecule has 0 saturated carbocycles. The first-order valence-corrected chi connectivity index (χ1v) is 10.4. The largest absolute Gasteiger partial charge is 0.300 e. The summed E-state index contributed by atoms with van der Waals surface area (Å²) in [5.41, 5.74) is 0. The van der Waals surface area contributed by atoms with Gasteiger partial charge in [-0.2, -0.15) is 0 Å². The van der Waals surface area contributed by atoms with E-state index in [2.05, 4.69) is 6.92 Å². The lowest BCUT2D eigenvalue weighted by molar-refractivity contribution is -0.118. The van der Waals surface area contributed by atoms with Crippen molar-refractivity contribution in [2.45, 2.75) is 116 Å². The molecule has 0 spiro atoms. The molecule has 0 fully saturated rings. The normalized spacial score (nSPS) is 11.0. The highest BCUT2D eigenvalue weighted by molar-refractivity contribution is 6.19. The van der Waals surface area contributed by atoms with Crippen LogP contribution in [0.4, 0.5) is 0 Å². The molecule has 0 aromatic heterocycles. The maximum absolute atomic E-state index is 11.3. The Kier molecular flexibility index (Phi) is 19.0. The summed E-state index contributed by atoms with van der Waals surface area (Å²) in [6.45, 7) is 2.28. The van der Waals surface area contributed by atoms with E-state index in [-0.39, 0.29) is 0 Å². The van der Waals surface area contributed by atoms with Crippen molar-refractivity contribution < 1.29 is 4.79 Å². The predicted molar refractivity (Wildman–Crippen MR) is 99.9 cm³/mol. The average Bonchev–Trinajstić information content (AvgIpc) is 2.51. The number of hydrogen-bond donors (Lipinski definition) is 0. The molecule has 22 heavy (non-hydrogen) atoms. The second-order valence-corrected chi connectivity index (χ2v) is 7.06. The monoisotopic (exact) mass is 330 g/mol. The molecule has 0 aromatic rings. The number of hydrogen-bond acceptors (Lipinski definition) is 1. The zero-order valence-corrected chi connectivity index (χ0v) is 15.8. The highest BCUT2D eigenvalue weighted by Gasteiger charge is 2.00. The maximum atomic E-state index is 11.3. The molecule has 0 aromatic carbocycles. The van der Waals surface area contributed by atoms with Gasteiger partial charge in [-0.05, 0) is 6.42 Å². The summed E-state index contributed by atoms with van der Waals surface area (Å²) < 4.78 is 0. The molecule has 132 valence electrons. The minimum Gasteiger partial charge on any atom is -0.300 e. The first-order valence-electron chi connectivity index (χ1n) is 9.89. The van der Waals surface area contributed by atoms with E-state index in [1.807, 2.05) is 0 Å². The van der Waals surface area contributed by atoms with Crippen LogP contribution in [0.2, 0.25) is 0 Å². The van der Waals surface area contributed by atoms with E-state index < -0.39 is 0 Å². The van der Waals surface area contributed by atoms with Crippen molar-refractivity contribution in [3.8, 4) is 0 Å². The van der Waals surface area contributed by atoms with Gasteiger partial charge in [0.1, 0.15) is 5.78 Å². The van der Waals surface area contributed by atoms with Crippen molar-refractivity contribution in [2.75, 3.05) is 5.88 Å². The standard InChI is InChI=1S/C20H39ClO/c1-2-3-4-5-6-7-8-9-10-11-12-13-14-15-16-17-20(22)18-19-21/h2-19H2,1H3. The van der Waals surface area contributed by atoms with E-state index in [0.717, 1.165) is 12.8 Å². The molecule has 0 heterocycles. The van der Waals surface area contributed by atoms with Crippen LogP contribution in [0.5, 0.6) is 0 Å². The molecule has 0 unspecified atom stereocenters. The van der Waals surface area contributed by atoms with E-state index in [4.69, 9.17) is 11.6 Å². The second kappa shape index (κ2) is 19.0. The van der Waals surface area contributed by atoms with Gasteiger partial charge in [0.25, 0.3) is 0 Å². The highest BCUT2D eigenvalue weighted by Crippen LogP contribution is 2.13. The average molecular weight is 331 g/mol. The van der Waals surface area contributed by atoms with Crippen molar-refractivity contribution in [3.63, 3.8) is 0 Å².